The molecule has 0 unspecified atom stereocenters. The van der Waals surface area contributed by atoms with Crippen molar-refractivity contribution in [3.63, 3.8) is 0 Å². The van der Waals surface area contributed by atoms with Crippen molar-refractivity contribution in [1.82, 2.24) is 0 Å². The van der Waals surface area contributed by atoms with E-state index in [9.17, 15) is 4.79 Å². The first kappa shape index (κ1) is 12.8. The summed E-state index contributed by atoms with van der Waals surface area (Å²) in [4.78, 5) is 11.0. The van der Waals surface area contributed by atoms with Crippen LogP contribution in [0.15, 0.2) is 42.5 Å². The summed E-state index contributed by atoms with van der Waals surface area (Å²) in [6.07, 6.45) is 3.34. The third kappa shape index (κ3) is 3.42. The molecule has 1 fully saturated rings. The quantitative estimate of drug-likeness (QED) is 0.607. The van der Waals surface area contributed by atoms with Gasteiger partial charge in [0.25, 0.3) is 0 Å². The van der Waals surface area contributed by atoms with Gasteiger partial charge in [0.1, 0.15) is 0 Å². The lowest BCUT2D eigenvalue weighted by molar-refractivity contribution is -0.204. The molecule has 0 amide bonds. The molecule has 1 aromatic rings. The van der Waals surface area contributed by atoms with E-state index in [0.29, 0.717) is 6.61 Å². The Balaban J connectivity index is 1.97. The van der Waals surface area contributed by atoms with Crippen molar-refractivity contribution in [2.45, 2.75) is 18.8 Å². The predicted octanol–water partition coefficient (Wildman–Crippen LogP) is 2.22. The van der Waals surface area contributed by atoms with Gasteiger partial charge in [0, 0.05) is 18.1 Å². The number of benzene rings is 1. The molecule has 4 heteroatoms. The SMILES string of the molecule is COC(=O)/C=C/[C@@H]1CCO[C@H](c2ccccc2)O1. The molecule has 0 spiro atoms. The Bertz CT molecular complexity index is 413. The molecule has 0 radical (unpaired) electrons. The van der Waals surface area contributed by atoms with Crippen LogP contribution in [-0.4, -0.2) is 25.8 Å². The minimum atomic E-state index is -0.374. The van der Waals surface area contributed by atoms with Gasteiger partial charge in [-0.2, -0.15) is 0 Å². The summed E-state index contributed by atoms with van der Waals surface area (Å²) in [6, 6.07) is 9.74. The van der Waals surface area contributed by atoms with Crippen molar-refractivity contribution in [2.24, 2.45) is 0 Å². The molecule has 0 saturated carbocycles. The number of ether oxygens (including phenoxy) is 3. The number of hydrogen-bond acceptors (Lipinski definition) is 4. The second-order valence-corrected chi connectivity index (χ2v) is 3.96. The van der Waals surface area contributed by atoms with Crippen molar-refractivity contribution in [3.8, 4) is 0 Å². The third-order valence-corrected chi connectivity index (χ3v) is 2.69. The number of methoxy groups -OCH3 is 1. The summed E-state index contributed by atoms with van der Waals surface area (Å²) >= 11 is 0. The van der Waals surface area contributed by atoms with Crippen LogP contribution in [0.25, 0.3) is 0 Å². The van der Waals surface area contributed by atoms with Gasteiger partial charge >= 0.3 is 5.97 Å². The van der Waals surface area contributed by atoms with Crippen molar-refractivity contribution < 1.29 is 19.0 Å². The zero-order valence-corrected chi connectivity index (χ0v) is 10.2. The fraction of sp³-hybridized carbons (Fsp3) is 0.357. The Morgan fingerprint density at radius 3 is 2.89 bits per heavy atom. The molecule has 1 aromatic carbocycles. The highest BCUT2D eigenvalue weighted by Gasteiger charge is 2.22. The highest BCUT2D eigenvalue weighted by Crippen LogP contribution is 2.26. The van der Waals surface area contributed by atoms with Crippen molar-refractivity contribution in [3.05, 3.63) is 48.0 Å². The maximum Gasteiger partial charge on any atom is 0.330 e. The largest absolute Gasteiger partial charge is 0.466 e. The van der Waals surface area contributed by atoms with Crippen LogP contribution < -0.4 is 0 Å². The highest BCUT2D eigenvalue weighted by atomic mass is 16.7. The van der Waals surface area contributed by atoms with Crippen LogP contribution in [0.5, 0.6) is 0 Å². The number of hydrogen-bond donors (Lipinski definition) is 0. The van der Waals surface area contributed by atoms with Gasteiger partial charge in [-0.3, -0.25) is 0 Å². The minimum absolute atomic E-state index is 0.122. The molecule has 0 aliphatic carbocycles. The van der Waals surface area contributed by atoms with E-state index in [1.165, 1.54) is 13.2 Å². The summed E-state index contributed by atoms with van der Waals surface area (Å²) in [7, 11) is 1.35. The molecule has 2 atom stereocenters. The van der Waals surface area contributed by atoms with Gasteiger partial charge in [-0.05, 0) is 6.08 Å². The van der Waals surface area contributed by atoms with E-state index < -0.39 is 0 Å². The Morgan fingerprint density at radius 1 is 1.39 bits per heavy atom. The molecule has 0 bridgehead atoms. The molecule has 1 heterocycles. The van der Waals surface area contributed by atoms with Crippen LogP contribution in [0, 0.1) is 0 Å². The molecule has 4 nitrogen and oxygen atoms in total. The Labute approximate surface area is 106 Å². The standard InChI is InChI=1S/C14H16O4/c1-16-13(15)8-7-12-9-10-17-14(18-12)11-5-3-2-4-6-11/h2-8,12,14H,9-10H2,1H3/b8-7+/t12-,14+/m1/s1. The van der Waals surface area contributed by atoms with E-state index in [1.807, 2.05) is 30.3 Å². The summed E-state index contributed by atoms with van der Waals surface area (Å²) < 4.78 is 15.8. The van der Waals surface area contributed by atoms with Crippen LogP contribution >= 0.6 is 0 Å². The Kier molecular flexibility index (Phi) is 4.50. The van der Waals surface area contributed by atoms with Crippen LogP contribution in [0.1, 0.15) is 18.3 Å². The maximum atomic E-state index is 11.0. The first-order valence-electron chi connectivity index (χ1n) is 5.88. The van der Waals surface area contributed by atoms with Gasteiger partial charge in [0.05, 0.1) is 19.8 Å². The molecular weight excluding hydrogens is 232 g/mol. The van der Waals surface area contributed by atoms with E-state index in [-0.39, 0.29) is 18.4 Å². The molecule has 18 heavy (non-hydrogen) atoms. The average Bonchev–Trinajstić information content (AvgIpc) is 2.46. The van der Waals surface area contributed by atoms with Gasteiger partial charge in [-0.15, -0.1) is 0 Å². The van der Waals surface area contributed by atoms with Crippen molar-refractivity contribution in [2.75, 3.05) is 13.7 Å². The van der Waals surface area contributed by atoms with E-state index in [2.05, 4.69) is 4.74 Å². The molecule has 2 rings (SSSR count). The lowest BCUT2D eigenvalue weighted by atomic mass is 10.1. The number of esters is 1. The fourth-order valence-corrected chi connectivity index (χ4v) is 1.74. The van der Waals surface area contributed by atoms with Gasteiger partial charge in [-0.1, -0.05) is 30.3 Å². The molecule has 1 aliphatic rings. The molecular formula is C14H16O4. The molecule has 1 aliphatic heterocycles. The first-order chi connectivity index (χ1) is 8.79. The van der Waals surface area contributed by atoms with Crippen molar-refractivity contribution in [1.29, 1.82) is 0 Å². The first-order valence-corrected chi connectivity index (χ1v) is 5.88. The zero-order valence-electron chi connectivity index (χ0n) is 10.2. The normalized spacial score (nSPS) is 24.1. The predicted molar refractivity (Wildman–Crippen MR) is 65.8 cm³/mol. The molecule has 0 N–H and O–H groups in total. The topological polar surface area (TPSA) is 44.8 Å². The van der Waals surface area contributed by atoms with Gasteiger partial charge in [0.15, 0.2) is 6.29 Å². The van der Waals surface area contributed by atoms with Gasteiger partial charge < -0.3 is 14.2 Å². The average molecular weight is 248 g/mol. The maximum absolute atomic E-state index is 11.0. The molecule has 96 valence electrons. The number of carbonyl (C=O) groups excluding carboxylic acids is 1. The summed E-state index contributed by atoms with van der Waals surface area (Å²) in [5, 5.41) is 0. The number of rotatable bonds is 3. The minimum Gasteiger partial charge on any atom is -0.466 e. The lowest BCUT2D eigenvalue weighted by Crippen LogP contribution is -2.25. The monoisotopic (exact) mass is 248 g/mol. The van der Waals surface area contributed by atoms with Gasteiger partial charge in [0.2, 0.25) is 0 Å². The van der Waals surface area contributed by atoms with E-state index >= 15 is 0 Å². The van der Waals surface area contributed by atoms with Crippen LogP contribution in [0.4, 0.5) is 0 Å². The summed E-state index contributed by atoms with van der Waals surface area (Å²) in [5.41, 5.74) is 0.980. The smallest absolute Gasteiger partial charge is 0.330 e. The highest BCUT2D eigenvalue weighted by molar-refractivity contribution is 5.81. The van der Waals surface area contributed by atoms with Crippen LogP contribution in [0.2, 0.25) is 0 Å². The second-order valence-electron chi connectivity index (χ2n) is 3.96. The van der Waals surface area contributed by atoms with Crippen LogP contribution in [0.3, 0.4) is 0 Å². The lowest BCUT2D eigenvalue weighted by Gasteiger charge is -2.28. The second kappa shape index (κ2) is 6.33. The fourth-order valence-electron chi connectivity index (χ4n) is 1.74. The van der Waals surface area contributed by atoms with Gasteiger partial charge in [-0.25, -0.2) is 4.79 Å². The number of carbonyl (C=O) groups is 1. The Morgan fingerprint density at radius 2 is 2.17 bits per heavy atom. The Hall–Kier alpha value is -1.65. The van der Waals surface area contributed by atoms with E-state index in [1.54, 1.807) is 6.08 Å². The molecule has 0 aromatic heterocycles. The third-order valence-electron chi connectivity index (χ3n) is 2.69. The van der Waals surface area contributed by atoms with Crippen molar-refractivity contribution >= 4 is 5.97 Å². The van der Waals surface area contributed by atoms with E-state index in [0.717, 1.165) is 12.0 Å². The summed E-state index contributed by atoms with van der Waals surface area (Å²) in [5.74, 6) is -0.374. The van der Waals surface area contributed by atoms with E-state index in [4.69, 9.17) is 9.47 Å². The zero-order chi connectivity index (χ0) is 12.8. The van der Waals surface area contributed by atoms with Crippen LogP contribution in [-0.2, 0) is 19.0 Å². The summed E-state index contributed by atoms with van der Waals surface area (Å²) in [6.45, 7) is 0.607. The molecule has 1 saturated heterocycles.